The summed E-state index contributed by atoms with van der Waals surface area (Å²) < 4.78 is 38.8. The number of hydrogen-bond donors (Lipinski definition) is 0. The van der Waals surface area contributed by atoms with E-state index in [2.05, 4.69) is 0 Å². The van der Waals surface area contributed by atoms with E-state index >= 15 is 0 Å². The van der Waals surface area contributed by atoms with Gasteiger partial charge in [-0.05, 0) is 78.6 Å². The van der Waals surface area contributed by atoms with Gasteiger partial charge in [-0.2, -0.15) is 4.31 Å². The third-order valence-electron chi connectivity index (χ3n) is 5.64. The topological polar surface area (TPSA) is 55.8 Å². The predicted octanol–water partition coefficient (Wildman–Crippen LogP) is 3.33. The minimum Gasteiger partial charge on any atom is -0.493 e. The molecule has 0 spiro atoms. The molecule has 0 aromatic heterocycles. The van der Waals surface area contributed by atoms with Crippen molar-refractivity contribution in [2.45, 2.75) is 43.5 Å². The van der Waals surface area contributed by atoms with E-state index in [1.807, 2.05) is 24.3 Å². The number of sulfonamides is 1. The highest BCUT2D eigenvalue weighted by Gasteiger charge is 2.30. The van der Waals surface area contributed by atoms with Crippen LogP contribution in [0.25, 0.3) is 0 Å². The molecule has 0 bridgehead atoms. The number of methoxy groups -OCH3 is 2. The van der Waals surface area contributed by atoms with Crippen molar-refractivity contribution in [3.8, 4) is 11.5 Å². The van der Waals surface area contributed by atoms with E-state index in [1.165, 1.54) is 17.5 Å². The summed E-state index contributed by atoms with van der Waals surface area (Å²) in [5.41, 5.74) is 4.57. The molecule has 5 nitrogen and oxygen atoms in total. The van der Waals surface area contributed by atoms with Crippen LogP contribution in [-0.4, -0.2) is 33.5 Å². The van der Waals surface area contributed by atoms with Gasteiger partial charge in [0.1, 0.15) is 0 Å². The highest BCUT2D eigenvalue weighted by Crippen LogP contribution is 2.35. The maximum absolute atomic E-state index is 13.2. The Morgan fingerprint density at radius 2 is 1.44 bits per heavy atom. The fourth-order valence-electron chi connectivity index (χ4n) is 4.08. The Bertz CT molecular complexity index is 968. The molecule has 0 N–H and O–H groups in total. The van der Waals surface area contributed by atoms with Gasteiger partial charge in [-0.25, -0.2) is 8.42 Å². The van der Waals surface area contributed by atoms with Crippen molar-refractivity contribution in [2.24, 2.45) is 0 Å². The Kier molecular flexibility index (Phi) is 4.86. The normalized spacial score (nSPS) is 17.1. The van der Waals surface area contributed by atoms with E-state index in [9.17, 15) is 8.42 Å². The van der Waals surface area contributed by atoms with E-state index in [-0.39, 0.29) is 0 Å². The molecule has 4 rings (SSSR count). The van der Waals surface area contributed by atoms with E-state index in [1.54, 1.807) is 24.6 Å². The first-order valence-electron chi connectivity index (χ1n) is 9.38. The summed E-state index contributed by atoms with van der Waals surface area (Å²) in [5.74, 6) is 1.31. The minimum absolute atomic E-state index is 0.356. The second kappa shape index (κ2) is 7.17. The standard InChI is InChI=1S/C21H25NO4S/c1-25-20-12-17-9-10-22(14-18(17)13-21(20)26-2)27(23,24)19-8-7-15-5-3-4-6-16(15)11-19/h7-8,11-13H,3-6,9-10,14H2,1-2H3. The zero-order valence-corrected chi connectivity index (χ0v) is 16.6. The molecular formula is C21H25NO4S. The number of fused-ring (bicyclic) bond motifs is 2. The highest BCUT2D eigenvalue weighted by atomic mass is 32.2. The van der Waals surface area contributed by atoms with E-state index < -0.39 is 10.0 Å². The van der Waals surface area contributed by atoms with Gasteiger partial charge >= 0.3 is 0 Å². The molecule has 0 saturated heterocycles. The maximum atomic E-state index is 13.2. The summed E-state index contributed by atoms with van der Waals surface area (Å²) in [6.07, 6.45) is 5.01. The largest absolute Gasteiger partial charge is 0.493 e. The average Bonchev–Trinajstić information content (AvgIpc) is 2.71. The molecule has 0 amide bonds. The Balaban J connectivity index is 1.64. The van der Waals surface area contributed by atoms with Crippen LogP contribution in [-0.2, 0) is 35.8 Å². The van der Waals surface area contributed by atoms with Gasteiger partial charge in [0.05, 0.1) is 19.1 Å². The molecule has 0 radical (unpaired) electrons. The van der Waals surface area contributed by atoms with Gasteiger partial charge < -0.3 is 9.47 Å². The van der Waals surface area contributed by atoms with Gasteiger partial charge in [0.15, 0.2) is 11.5 Å². The summed E-state index contributed by atoms with van der Waals surface area (Å²) in [6.45, 7) is 0.830. The molecule has 0 saturated carbocycles. The molecule has 144 valence electrons. The number of ether oxygens (including phenoxy) is 2. The molecule has 0 atom stereocenters. The number of benzene rings is 2. The molecule has 2 aliphatic rings. The van der Waals surface area contributed by atoms with Crippen LogP contribution in [0.5, 0.6) is 11.5 Å². The highest BCUT2D eigenvalue weighted by molar-refractivity contribution is 7.89. The van der Waals surface area contributed by atoms with Crippen LogP contribution in [0.3, 0.4) is 0 Å². The Morgan fingerprint density at radius 1 is 0.815 bits per heavy atom. The summed E-state index contributed by atoms with van der Waals surface area (Å²) in [5, 5.41) is 0. The van der Waals surface area contributed by atoms with Crippen LogP contribution < -0.4 is 9.47 Å². The van der Waals surface area contributed by atoms with Gasteiger partial charge in [-0.15, -0.1) is 0 Å². The second-order valence-corrected chi connectivity index (χ2v) is 9.14. The molecule has 1 aliphatic carbocycles. The molecule has 2 aromatic rings. The van der Waals surface area contributed by atoms with Crippen LogP contribution in [0.15, 0.2) is 35.2 Å². The van der Waals surface area contributed by atoms with Crippen LogP contribution in [0.1, 0.15) is 35.1 Å². The fraction of sp³-hybridized carbons (Fsp3) is 0.429. The third-order valence-corrected chi connectivity index (χ3v) is 7.48. The zero-order chi connectivity index (χ0) is 19.0. The zero-order valence-electron chi connectivity index (χ0n) is 15.8. The minimum atomic E-state index is -3.51. The first kappa shape index (κ1) is 18.3. The molecule has 0 unspecified atom stereocenters. The summed E-state index contributed by atoms with van der Waals surface area (Å²) in [7, 11) is -0.309. The lowest BCUT2D eigenvalue weighted by Gasteiger charge is -2.29. The molecular weight excluding hydrogens is 362 g/mol. The van der Waals surface area contributed by atoms with E-state index in [4.69, 9.17) is 9.47 Å². The summed E-state index contributed by atoms with van der Waals surface area (Å²) in [6, 6.07) is 9.49. The quantitative estimate of drug-likeness (QED) is 0.808. The Hall–Kier alpha value is -2.05. The number of rotatable bonds is 4. The van der Waals surface area contributed by atoms with Crippen LogP contribution in [0, 0.1) is 0 Å². The molecule has 6 heteroatoms. The molecule has 2 aromatic carbocycles. The smallest absolute Gasteiger partial charge is 0.243 e. The van der Waals surface area contributed by atoms with Gasteiger partial charge in [0, 0.05) is 13.1 Å². The van der Waals surface area contributed by atoms with Crippen molar-refractivity contribution in [3.63, 3.8) is 0 Å². The fourth-order valence-corrected chi connectivity index (χ4v) is 5.55. The third kappa shape index (κ3) is 3.32. The maximum Gasteiger partial charge on any atom is 0.243 e. The van der Waals surface area contributed by atoms with Gasteiger partial charge in [0.25, 0.3) is 0 Å². The number of hydrogen-bond acceptors (Lipinski definition) is 4. The van der Waals surface area contributed by atoms with Gasteiger partial charge in [-0.1, -0.05) is 6.07 Å². The predicted molar refractivity (Wildman–Crippen MR) is 104 cm³/mol. The van der Waals surface area contributed by atoms with Crippen molar-refractivity contribution < 1.29 is 17.9 Å². The van der Waals surface area contributed by atoms with Crippen LogP contribution in [0.4, 0.5) is 0 Å². The average molecular weight is 388 g/mol. The van der Waals surface area contributed by atoms with Crippen molar-refractivity contribution in [3.05, 3.63) is 52.6 Å². The first-order chi connectivity index (χ1) is 13.0. The Labute approximate surface area is 161 Å². The van der Waals surface area contributed by atoms with Crippen molar-refractivity contribution in [2.75, 3.05) is 20.8 Å². The number of aryl methyl sites for hydroxylation is 2. The van der Waals surface area contributed by atoms with Gasteiger partial charge in [-0.3, -0.25) is 0 Å². The second-order valence-electron chi connectivity index (χ2n) is 7.20. The monoisotopic (exact) mass is 387 g/mol. The molecule has 1 aliphatic heterocycles. The summed E-state index contributed by atoms with van der Waals surface area (Å²) >= 11 is 0. The lowest BCUT2D eigenvalue weighted by atomic mass is 9.92. The lowest BCUT2D eigenvalue weighted by Crippen LogP contribution is -2.36. The molecule has 1 heterocycles. The summed E-state index contributed by atoms with van der Waals surface area (Å²) in [4.78, 5) is 0.409. The molecule has 27 heavy (non-hydrogen) atoms. The number of nitrogens with zero attached hydrogens (tertiary/aromatic N) is 1. The van der Waals surface area contributed by atoms with Gasteiger partial charge in [0.2, 0.25) is 10.0 Å². The van der Waals surface area contributed by atoms with E-state index in [0.717, 1.165) is 30.4 Å². The Morgan fingerprint density at radius 3 is 2.15 bits per heavy atom. The van der Waals surface area contributed by atoms with Crippen molar-refractivity contribution in [1.29, 1.82) is 0 Å². The van der Waals surface area contributed by atoms with Crippen LogP contribution in [0.2, 0.25) is 0 Å². The SMILES string of the molecule is COc1cc2c(cc1OC)CN(S(=O)(=O)c1ccc3c(c1)CCCC3)CC2. The van der Waals surface area contributed by atoms with Crippen molar-refractivity contribution >= 4 is 10.0 Å². The first-order valence-corrected chi connectivity index (χ1v) is 10.8. The lowest BCUT2D eigenvalue weighted by molar-refractivity contribution is 0.348. The molecule has 0 fully saturated rings. The van der Waals surface area contributed by atoms with Crippen LogP contribution >= 0.6 is 0 Å². The van der Waals surface area contributed by atoms with E-state index in [0.29, 0.717) is 35.9 Å². The van der Waals surface area contributed by atoms with Crippen molar-refractivity contribution in [1.82, 2.24) is 4.31 Å².